The first-order valence-electron chi connectivity index (χ1n) is 6.52. The standard InChI is InChI=1S/C16H12BrNO3S/c1-11-10-13(7-8-14(11)17)22(19,20)21-15-6-2-4-12-5-3-9-18-16(12)15/h2-10H,1H3. The summed E-state index contributed by atoms with van der Waals surface area (Å²) in [6.45, 7) is 1.82. The molecule has 0 fully saturated rings. The van der Waals surface area contributed by atoms with E-state index in [1.54, 1.807) is 36.5 Å². The summed E-state index contributed by atoms with van der Waals surface area (Å²) in [5.74, 6) is 0.221. The molecule has 0 radical (unpaired) electrons. The van der Waals surface area contributed by atoms with Crippen LogP contribution >= 0.6 is 15.9 Å². The zero-order chi connectivity index (χ0) is 15.7. The molecule has 0 saturated carbocycles. The minimum Gasteiger partial charge on any atom is -0.377 e. The molecule has 0 atom stereocenters. The fourth-order valence-electron chi connectivity index (χ4n) is 2.08. The van der Waals surface area contributed by atoms with Gasteiger partial charge < -0.3 is 4.18 Å². The first kappa shape index (κ1) is 15.0. The highest BCUT2D eigenvalue weighted by molar-refractivity contribution is 9.10. The molecule has 3 rings (SSSR count). The Morgan fingerprint density at radius 3 is 2.64 bits per heavy atom. The summed E-state index contributed by atoms with van der Waals surface area (Å²) < 4.78 is 31.0. The third-order valence-corrected chi connectivity index (χ3v) is 5.33. The maximum Gasteiger partial charge on any atom is 0.339 e. The smallest absolute Gasteiger partial charge is 0.339 e. The highest BCUT2D eigenvalue weighted by Gasteiger charge is 2.19. The highest BCUT2D eigenvalue weighted by Crippen LogP contribution is 2.27. The number of benzene rings is 2. The zero-order valence-corrected chi connectivity index (χ0v) is 14.1. The van der Waals surface area contributed by atoms with Crippen LogP contribution in [0.5, 0.6) is 5.75 Å². The molecular formula is C16H12BrNO3S. The van der Waals surface area contributed by atoms with Crippen LogP contribution < -0.4 is 4.18 Å². The van der Waals surface area contributed by atoms with E-state index in [-0.39, 0.29) is 10.6 Å². The third kappa shape index (κ3) is 2.84. The largest absolute Gasteiger partial charge is 0.377 e. The molecule has 0 N–H and O–H groups in total. The molecular weight excluding hydrogens is 366 g/mol. The van der Waals surface area contributed by atoms with Crippen LogP contribution in [0.3, 0.4) is 0 Å². The Morgan fingerprint density at radius 2 is 1.86 bits per heavy atom. The summed E-state index contributed by atoms with van der Waals surface area (Å²) >= 11 is 3.35. The van der Waals surface area contributed by atoms with Gasteiger partial charge in [0, 0.05) is 16.1 Å². The molecule has 0 spiro atoms. The summed E-state index contributed by atoms with van der Waals surface area (Å²) in [6, 6.07) is 13.6. The van der Waals surface area contributed by atoms with Gasteiger partial charge in [-0.25, -0.2) is 0 Å². The number of halogens is 1. The Balaban J connectivity index is 2.05. The molecule has 4 nitrogen and oxygen atoms in total. The number of pyridine rings is 1. The summed E-state index contributed by atoms with van der Waals surface area (Å²) in [5, 5.41) is 0.821. The first-order valence-corrected chi connectivity index (χ1v) is 8.72. The number of para-hydroxylation sites is 1. The van der Waals surface area contributed by atoms with E-state index in [2.05, 4.69) is 20.9 Å². The van der Waals surface area contributed by atoms with Crippen molar-refractivity contribution in [3.05, 3.63) is 64.8 Å². The Labute approximate surface area is 137 Å². The van der Waals surface area contributed by atoms with Crippen molar-refractivity contribution < 1.29 is 12.6 Å². The molecule has 0 unspecified atom stereocenters. The van der Waals surface area contributed by atoms with Gasteiger partial charge in [0.2, 0.25) is 0 Å². The van der Waals surface area contributed by atoms with Crippen LogP contribution in [-0.4, -0.2) is 13.4 Å². The molecule has 112 valence electrons. The lowest BCUT2D eigenvalue weighted by Gasteiger charge is -2.10. The number of aryl methyl sites for hydroxylation is 1. The SMILES string of the molecule is Cc1cc(S(=O)(=O)Oc2cccc3cccnc23)ccc1Br. The van der Waals surface area contributed by atoms with Crippen LogP contribution in [0.2, 0.25) is 0 Å². The van der Waals surface area contributed by atoms with Crippen LogP contribution in [-0.2, 0) is 10.1 Å². The third-order valence-electron chi connectivity index (χ3n) is 3.21. The molecule has 6 heteroatoms. The lowest BCUT2D eigenvalue weighted by atomic mass is 10.2. The normalized spacial score (nSPS) is 11.5. The average molecular weight is 378 g/mol. The van der Waals surface area contributed by atoms with E-state index in [0.29, 0.717) is 5.52 Å². The molecule has 2 aromatic carbocycles. The van der Waals surface area contributed by atoms with E-state index >= 15 is 0 Å². The number of nitrogens with zero attached hydrogens (tertiary/aromatic N) is 1. The van der Waals surface area contributed by atoms with E-state index in [9.17, 15) is 8.42 Å². The number of fused-ring (bicyclic) bond motifs is 1. The lowest BCUT2D eigenvalue weighted by molar-refractivity contribution is 0.488. The molecule has 0 saturated heterocycles. The monoisotopic (exact) mass is 377 g/mol. The number of rotatable bonds is 3. The van der Waals surface area contributed by atoms with Gasteiger partial charge in [0.15, 0.2) is 5.75 Å². The van der Waals surface area contributed by atoms with E-state index in [0.717, 1.165) is 15.4 Å². The van der Waals surface area contributed by atoms with Gasteiger partial charge in [0.05, 0.1) is 0 Å². The molecule has 0 aliphatic heterocycles. The average Bonchev–Trinajstić information content (AvgIpc) is 2.50. The molecule has 3 aromatic rings. The van der Waals surface area contributed by atoms with Crippen molar-refractivity contribution >= 4 is 37.0 Å². The van der Waals surface area contributed by atoms with E-state index in [4.69, 9.17) is 4.18 Å². The second-order valence-electron chi connectivity index (χ2n) is 4.78. The Hall–Kier alpha value is -1.92. The number of hydrogen-bond donors (Lipinski definition) is 0. The van der Waals surface area contributed by atoms with Crippen LogP contribution in [0.4, 0.5) is 0 Å². The Kier molecular flexibility index (Phi) is 3.88. The van der Waals surface area contributed by atoms with Gasteiger partial charge >= 0.3 is 10.1 Å². The first-order chi connectivity index (χ1) is 10.5. The van der Waals surface area contributed by atoms with Gasteiger partial charge in [-0.2, -0.15) is 8.42 Å². The second-order valence-corrected chi connectivity index (χ2v) is 7.18. The van der Waals surface area contributed by atoms with Crippen molar-refractivity contribution in [1.82, 2.24) is 4.98 Å². The van der Waals surface area contributed by atoms with Gasteiger partial charge in [-0.05, 0) is 42.8 Å². The zero-order valence-electron chi connectivity index (χ0n) is 11.7. The summed E-state index contributed by atoms with van der Waals surface area (Å²) in [7, 11) is -3.90. The number of hydrogen-bond acceptors (Lipinski definition) is 4. The lowest BCUT2D eigenvalue weighted by Crippen LogP contribution is -2.10. The van der Waals surface area contributed by atoms with Crippen molar-refractivity contribution in [2.75, 3.05) is 0 Å². The number of aromatic nitrogens is 1. The topological polar surface area (TPSA) is 56.3 Å². The van der Waals surface area contributed by atoms with Gasteiger partial charge in [-0.1, -0.05) is 34.1 Å². The highest BCUT2D eigenvalue weighted by atomic mass is 79.9. The fraction of sp³-hybridized carbons (Fsp3) is 0.0625. The van der Waals surface area contributed by atoms with Gasteiger partial charge in [0.25, 0.3) is 0 Å². The summed E-state index contributed by atoms with van der Waals surface area (Å²) in [5.41, 5.74) is 1.34. The minimum absolute atomic E-state index is 0.112. The second kappa shape index (κ2) is 5.70. The molecule has 1 heterocycles. The van der Waals surface area contributed by atoms with Crippen molar-refractivity contribution in [3.63, 3.8) is 0 Å². The van der Waals surface area contributed by atoms with Crippen LogP contribution in [0, 0.1) is 6.92 Å². The maximum atomic E-state index is 12.4. The summed E-state index contributed by atoms with van der Waals surface area (Å²) in [6.07, 6.45) is 1.60. The van der Waals surface area contributed by atoms with Gasteiger partial charge in [0.1, 0.15) is 10.4 Å². The van der Waals surface area contributed by atoms with Crippen molar-refractivity contribution in [2.45, 2.75) is 11.8 Å². The van der Waals surface area contributed by atoms with E-state index in [1.807, 2.05) is 19.1 Å². The minimum atomic E-state index is -3.90. The molecule has 0 aliphatic rings. The van der Waals surface area contributed by atoms with Gasteiger partial charge in [-0.15, -0.1) is 0 Å². The van der Waals surface area contributed by atoms with Crippen LogP contribution in [0.1, 0.15) is 5.56 Å². The van der Waals surface area contributed by atoms with Crippen molar-refractivity contribution in [1.29, 1.82) is 0 Å². The predicted octanol–water partition coefficient (Wildman–Crippen LogP) is 4.07. The van der Waals surface area contributed by atoms with Crippen LogP contribution in [0.25, 0.3) is 10.9 Å². The molecule has 0 aliphatic carbocycles. The van der Waals surface area contributed by atoms with Crippen molar-refractivity contribution in [2.24, 2.45) is 0 Å². The maximum absolute atomic E-state index is 12.4. The summed E-state index contributed by atoms with van der Waals surface area (Å²) in [4.78, 5) is 4.31. The predicted molar refractivity (Wildman–Crippen MR) is 88.4 cm³/mol. The Bertz CT molecular complexity index is 949. The fourth-order valence-corrected chi connectivity index (χ4v) is 3.35. The molecule has 0 bridgehead atoms. The molecule has 1 aromatic heterocycles. The van der Waals surface area contributed by atoms with E-state index < -0.39 is 10.1 Å². The quantitative estimate of drug-likeness (QED) is 0.645. The van der Waals surface area contributed by atoms with Gasteiger partial charge in [-0.3, -0.25) is 4.98 Å². The van der Waals surface area contributed by atoms with Crippen molar-refractivity contribution in [3.8, 4) is 5.75 Å². The van der Waals surface area contributed by atoms with Crippen LogP contribution in [0.15, 0.2) is 64.1 Å². The van der Waals surface area contributed by atoms with E-state index in [1.165, 1.54) is 6.07 Å². The molecule has 22 heavy (non-hydrogen) atoms. The Morgan fingerprint density at radius 1 is 1.09 bits per heavy atom. The molecule has 0 amide bonds.